The Morgan fingerprint density at radius 2 is 2.64 bits per heavy atom. The third-order valence-corrected chi connectivity index (χ3v) is 1.02. The van der Waals surface area contributed by atoms with Gasteiger partial charge in [-0.15, -0.1) is 0 Å². The third-order valence-electron chi connectivity index (χ3n) is 1.02. The lowest BCUT2D eigenvalue weighted by Crippen LogP contribution is -1.94. The molecule has 0 atom stereocenters. The molecule has 0 bridgehead atoms. The van der Waals surface area contributed by atoms with Crippen LogP contribution >= 0.6 is 0 Å². The first kappa shape index (κ1) is 7.74. The molecule has 1 aromatic heterocycles. The summed E-state index contributed by atoms with van der Waals surface area (Å²) in [6.45, 7) is 0.236. The van der Waals surface area contributed by atoms with Gasteiger partial charge in [0.2, 0.25) is 0 Å². The molecule has 5 nitrogen and oxygen atoms in total. The van der Waals surface area contributed by atoms with E-state index in [0.717, 1.165) is 0 Å². The van der Waals surface area contributed by atoms with Crippen molar-refractivity contribution in [3.63, 3.8) is 0 Å². The van der Waals surface area contributed by atoms with Crippen molar-refractivity contribution in [1.82, 2.24) is 4.98 Å². The summed E-state index contributed by atoms with van der Waals surface area (Å²) in [6.07, 6.45) is 1.33. The predicted octanol–water partition coefficient (Wildman–Crippen LogP) is 0.519. The molecular formula is C6H7NO4. The number of carboxylic acids is 1. The SMILES string of the molecule is COCc1cnc(C(=O)O)o1. The second-order valence-corrected chi connectivity index (χ2v) is 1.87. The highest BCUT2D eigenvalue weighted by Gasteiger charge is 2.09. The number of ether oxygens (including phenoxy) is 1. The zero-order valence-corrected chi connectivity index (χ0v) is 5.90. The van der Waals surface area contributed by atoms with Gasteiger partial charge in [0.1, 0.15) is 6.61 Å². The van der Waals surface area contributed by atoms with Gasteiger partial charge in [-0.3, -0.25) is 0 Å². The minimum absolute atomic E-state index is 0.236. The zero-order valence-electron chi connectivity index (χ0n) is 5.90. The highest BCUT2D eigenvalue weighted by molar-refractivity contribution is 5.81. The quantitative estimate of drug-likeness (QED) is 0.692. The summed E-state index contributed by atoms with van der Waals surface area (Å²) >= 11 is 0. The fourth-order valence-corrected chi connectivity index (χ4v) is 0.615. The molecule has 0 spiro atoms. The Morgan fingerprint density at radius 3 is 3.09 bits per heavy atom. The van der Waals surface area contributed by atoms with Gasteiger partial charge >= 0.3 is 11.9 Å². The van der Waals surface area contributed by atoms with Crippen molar-refractivity contribution in [2.45, 2.75) is 6.61 Å². The molecule has 5 heteroatoms. The van der Waals surface area contributed by atoms with Gasteiger partial charge in [-0.25, -0.2) is 9.78 Å². The number of carboxylic acid groups (broad SMARTS) is 1. The highest BCUT2D eigenvalue weighted by Crippen LogP contribution is 2.03. The number of carbonyl (C=O) groups is 1. The minimum atomic E-state index is -1.17. The zero-order chi connectivity index (χ0) is 8.27. The van der Waals surface area contributed by atoms with Crippen molar-refractivity contribution >= 4 is 5.97 Å². The van der Waals surface area contributed by atoms with Gasteiger partial charge in [0.25, 0.3) is 0 Å². The van der Waals surface area contributed by atoms with Crippen LogP contribution in [0.2, 0.25) is 0 Å². The van der Waals surface area contributed by atoms with E-state index in [1.165, 1.54) is 13.3 Å². The van der Waals surface area contributed by atoms with Crippen LogP contribution in [0.15, 0.2) is 10.6 Å². The predicted molar refractivity (Wildman–Crippen MR) is 34.2 cm³/mol. The van der Waals surface area contributed by atoms with Crippen molar-refractivity contribution in [2.75, 3.05) is 7.11 Å². The molecule has 60 valence electrons. The Bertz CT molecular complexity index is 255. The van der Waals surface area contributed by atoms with Crippen molar-refractivity contribution in [3.8, 4) is 0 Å². The number of aromatic carboxylic acids is 1. The normalized spacial score (nSPS) is 9.91. The number of oxazole rings is 1. The summed E-state index contributed by atoms with van der Waals surface area (Å²) < 4.78 is 9.44. The smallest absolute Gasteiger partial charge is 0.392 e. The van der Waals surface area contributed by atoms with Gasteiger partial charge in [0, 0.05) is 7.11 Å². The molecule has 0 aromatic carbocycles. The maximum absolute atomic E-state index is 10.2. The van der Waals surface area contributed by atoms with Crippen LogP contribution in [0, 0.1) is 0 Å². The van der Waals surface area contributed by atoms with Crippen LogP contribution in [0.5, 0.6) is 0 Å². The number of rotatable bonds is 3. The van der Waals surface area contributed by atoms with E-state index in [-0.39, 0.29) is 12.5 Å². The number of methoxy groups -OCH3 is 1. The van der Waals surface area contributed by atoms with Crippen LogP contribution in [0.3, 0.4) is 0 Å². The van der Waals surface area contributed by atoms with Crippen molar-refractivity contribution in [2.24, 2.45) is 0 Å². The Morgan fingerprint density at radius 1 is 1.91 bits per heavy atom. The van der Waals surface area contributed by atoms with Crippen LogP contribution in [0.4, 0.5) is 0 Å². The van der Waals surface area contributed by atoms with E-state index in [9.17, 15) is 4.79 Å². The van der Waals surface area contributed by atoms with E-state index in [1.54, 1.807) is 0 Å². The first-order valence-electron chi connectivity index (χ1n) is 2.91. The highest BCUT2D eigenvalue weighted by atomic mass is 16.5. The maximum Gasteiger partial charge on any atom is 0.392 e. The summed E-state index contributed by atoms with van der Waals surface area (Å²) in [7, 11) is 1.49. The first-order valence-corrected chi connectivity index (χ1v) is 2.91. The summed E-state index contributed by atoms with van der Waals surface area (Å²) in [5.74, 6) is -1.07. The molecule has 1 aromatic rings. The van der Waals surface area contributed by atoms with Gasteiger partial charge < -0.3 is 14.3 Å². The van der Waals surface area contributed by atoms with Gasteiger partial charge in [-0.05, 0) is 0 Å². The lowest BCUT2D eigenvalue weighted by molar-refractivity contribution is 0.0646. The molecule has 0 fully saturated rings. The Hall–Kier alpha value is -1.36. The molecule has 11 heavy (non-hydrogen) atoms. The average Bonchev–Trinajstić information content (AvgIpc) is 2.37. The van der Waals surface area contributed by atoms with Crippen LogP contribution in [-0.4, -0.2) is 23.2 Å². The molecule has 0 aliphatic carbocycles. The monoisotopic (exact) mass is 157 g/mol. The molecule has 0 radical (unpaired) electrons. The number of nitrogens with zero attached hydrogens (tertiary/aromatic N) is 1. The standard InChI is InChI=1S/C6H7NO4/c1-10-3-4-2-7-5(11-4)6(8)9/h2H,3H2,1H3,(H,8,9). The largest absolute Gasteiger partial charge is 0.474 e. The van der Waals surface area contributed by atoms with Crippen molar-refractivity contribution < 1.29 is 19.1 Å². The third kappa shape index (κ3) is 1.78. The van der Waals surface area contributed by atoms with Crippen LogP contribution < -0.4 is 0 Å². The molecule has 0 amide bonds. The minimum Gasteiger partial charge on any atom is -0.474 e. The lowest BCUT2D eigenvalue weighted by Gasteiger charge is -1.89. The molecule has 1 heterocycles. The van der Waals surface area contributed by atoms with E-state index in [1.807, 2.05) is 0 Å². The maximum atomic E-state index is 10.2. The molecular weight excluding hydrogens is 150 g/mol. The van der Waals surface area contributed by atoms with Crippen LogP contribution in [0.1, 0.15) is 16.4 Å². The molecule has 0 unspecified atom stereocenters. The number of hydrogen-bond acceptors (Lipinski definition) is 4. The topological polar surface area (TPSA) is 72.6 Å². The van der Waals surface area contributed by atoms with Gasteiger partial charge in [-0.1, -0.05) is 0 Å². The Balaban J connectivity index is 2.73. The van der Waals surface area contributed by atoms with Gasteiger partial charge in [0.05, 0.1) is 6.20 Å². The molecule has 0 saturated carbocycles. The lowest BCUT2D eigenvalue weighted by atomic mass is 10.6. The molecule has 1 N–H and O–H groups in total. The van der Waals surface area contributed by atoms with Crippen LogP contribution in [-0.2, 0) is 11.3 Å². The van der Waals surface area contributed by atoms with Crippen LogP contribution in [0.25, 0.3) is 0 Å². The number of hydrogen-bond donors (Lipinski definition) is 1. The average molecular weight is 157 g/mol. The molecule has 0 aliphatic heterocycles. The fourth-order valence-electron chi connectivity index (χ4n) is 0.615. The van der Waals surface area contributed by atoms with E-state index >= 15 is 0 Å². The van der Waals surface area contributed by atoms with E-state index < -0.39 is 5.97 Å². The molecule has 0 aliphatic rings. The summed E-state index contributed by atoms with van der Waals surface area (Å²) in [5, 5.41) is 8.37. The second kappa shape index (κ2) is 3.16. The van der Waals surface area contributed by atoms with Gasteiger partial charge in [0.15, 0.2) is 5.76 Å². The molecule has 1 rings (SSSR count). The Kier molecular flexibility index (Phi) is 2.22. The first-order chi connectivity index (χ1) is 5.24. The Labute approximate surface area is 62.6 Å². The van der Waals surface area contributed by atoms with Gasteiger partial charge in [-0.2, -0.15) is 0 Å². The van der Waals surface area contributed by atoms with E-state index in [0.29, 0.717) is 5.76 Å². The fraction of sp³-hybridized carbons (Fsp3) is 0.333. The molecule has 0 saturated heterocycles. The summed E-state index contributed by atoms with van der Waals surface area (Å²) in [5.41, 5.74) is 0. The van der Waals surface area contributed by atoms with Crippen molar-refractivity contribution in [3.05, 3.63) is 17.8 Å². The summed E-state index contributed by atoms with van der Waals surface area (Å²) in [6, 6.07) is 0. The summed E-state index contributed by atoms with van der Waals surface area (Å²) in [4.78, 5) is 13.7. The van der Waals surface area contributed by atoms with E-state index in [4.69, 9.17) is 14.3 Å². The second-order valence-electron chi connectivity index (χ2n) is 1.87. The van der Waals surface area contributed by atoms with E-state index in [2.05, 4.69) is 4.98 Å². The van der Waals surface area contributed by atoms with Crippen molar-refractivity contribution in [1.29, 1.82) is 0 Å². The number of aromatic nitrogens is 1.